The topological polar surface area (TPSA) is 107 Å². The van der Waals surface area contributed by atoms with E-state index in [4.69, 9.17) is 15.2 Å². The minimum absolute atomic E-state index is 0.0609. The Kier molecular flexibility index (Phi) is 8.86. The van der Waals surface area contributed by atoms with Crippen molar-refractivity contribution in [3.8, 4) is 11.5 Å². The first kappa shape index (κ1) is 23.5. The van der Waals surface area contributed by atoms with Gasteiger partial charge in [0, 0.05) is 36.6 Å². The average Bonchev–Trinajstić information content (AvgIpc) is 2.82. The molecule has 1 aliphatic rings. The summed E-state index contributed by atoms with van der Waals surface area (Å²) < 4.78 is 11.6. The Morgan fingerprint density at radius 1 is 1.25 bits per heavy atom. The Morgan fingerprint density at radius 3 is 2.88 bits per heavy atom. The number of rotatable bonds is 11. The molecular weight excluding hydrogens is 408 g/mol. The quantitative estimate of drug-likeness (QED) is 0.520. The van der Waals surface area contributed by atoms with Gasteiger partial charge in [0.25, 0.3) is 5.91 Å². The summed E-state index contributed by atoms with van der Waals surface area (Å²) in [6, 6.07) is 9.00. The third-order valence-electron chi connectivity index (χ3n) is 5.47. The summed E-state index contributed by atoms with van der Waals surface area (Å²) in [4.78, 5) is 30.3. The van der Waals surface area contributed by atoms with Gasteiger partial charge in [0.05, 0.1) is 12.5 Å². The summed E-state index contributed by atoms with van der Waals surface area (Å²) >= 11 is 0. The number of primary amides is 1. The van der Waals surface area contributed by atoms with Crippen molar-refractivity contribution in [3.63, 3.8) is 0 Å². The maximum Gasteiger partial charge on any atom is 0.251 e. The smallest absolute Gasteiger partial charge is 0.251 e. The monoisotopic (exact) mass is 440 g/mol. The van der Waals surface area contributed by atoms with Gasteiger partial charge in [0.2, 0.25) is 5.91 Å². The van der Waals surface area contributed by atoms with Crippen LogP contribution in [0.3, 0.4) is 0 Å². The lowest BCUT2D eigenvalue weighted by Crippen LogP contribution is -2.42. The highest BCUT2D eigenvalue weighted by Crippen LogP contribution is 2.29. The number of hydrogen-bond donors (Lipinski definition) is 2. The van der Waals surface area contributed by atoms with E-state index in [1.165, 1.54) is 0 Å². The lowest BCUT2D eigenvalue weighted by atomic mass is 9.97. The van der Waals surface area contributed by atoms with Gasteiger partial charge in [-0.25, -0.2) is 0 Å². The summed E-state index contributed by atoms with van der Waals surface area (Å²) in [5.74, 6) is 0.685. The molecule has 172 valence electrons. The number of likely N-dealkylation sites (tertiary alicyclic amines) is 1. The summed E-state index contributed by atoms with van der Waals surface area (Å²) in [6.07, 6.45) is 6.12. The predicted molar refractivity (Wildman–Crippen MR) is 121 cm³/mol. The van der Waals surface area contributed by atoms with Crippen LogP contribution in [0.1, 0.15) is 42.1 Å². The van der Waals surface area contributed by atoms with Gasteiger partial charge in [-0.1, -0.05) is 6.07 Å². The van der Waals surface area contributed by atoms with Gasteiger partial charge in [-0.3, -0.25) is 14.6 Å². The zero-order valence-electron chi connectivity index (χ0n) is 18.6. The molecule has 0 bridgehead atoms. The Balaban J connectivity index is 1.49. The number of carbonyl (C=O) groups excluding carboxylic acids is 2. The van der Waals surface area contributed by atoms with Gasteiger partial charge in [0.1, 0.15) is 6.61 Å². The number of carbonyl (C=O) groups is 2. The van der Waals surface area contributed by atoms with Crippen molar-refractivity contribution in [3.05, 3.63) is 53.9 Å². The van der Waals surface area contributed by atoms with Gasteiger partial charge in [-0.15, -0.1) is 0 Å². The molecule has 2 aromatic rings. The number of nitrogens with two attached hydrogens (primary N) is 1. The molecule has 1 aliphatic heterocycles. The lowest BCUT2D eigenvalue weighted by Gasteiger charge is -2.31. The number of hydrogen-bond acceptors (Lipinski definition) is 6. The van der Waals surface area contributed by atoms with Crippen molar-refractivity contribution in [2.24, 2.45) is 11.7 Å². The van der Waals surface area contributed by atoms with E-state index in [9.17, 15) is 9.59 Å². The largest absolute Gasteiger partial charge is 0.490 e. The Labute approximate surface area is 189 Å². The summed E-state index contributed by atoms with van der Waals surface area (Å²) in [7, 11) is 0. The van der Waals surface area contributed by atoms with Crippen LogP contribution < -0.4 is 20.5 Å². The van der Waals surface area contributed by atoms with Crippen molar-refractivity contribution < 1.29 is 19.1 Å². The molecule has 3 rings (SSSR count). The fraction of sp³-hybridized carbons (Fsp3) is 0.458. The number of pyridine rings is 1. The SMILES string of the molecule is CCOc1cc(C(=O)NCCCN2CCCC(C(N)=O)C2)ccc1OCc1cccnc1. The van der Waals surface area contributed by atoms with Crippen molar-refractivity contribution in [1.82, 2.24) is 15.2 Å². The fourth-order valence-corrected chi connectivity index (χ4v) is 3.78. The number of benzene rings is 1. The van der Waals surface area contributed by atoms with Crippen LogP contribution in [0.5, 0.6) is 11.5 Å². The molecule has 2 amide bonds. The number of nitrogens with one attached hydrogen (secondary N) is 1. The van der Waals surface area contributed by atoms with Crippen molar-refractivity contribution >= 4 is 11.8 Å². The van der Waals surface area contributed by atoms with Crippen molar-refractivity contribution in [1.29, 1.82) is 0 Å². The zero-order valence-corrected chi connectivity index (χ0v) is 18.6. The standard InChI is InChI=1S/C24H32N4O4/c1-2-31-22-14-19(8-9-21(22)32-17-18-6-3-10-26-15-18)24(30)27-11-5-13-28-12-4-7-20(16-28)23(25)29/h3,6,8-10,14-15,20H,2,4-5,7,11-13,16-17H2,1H3,(H2,25,29)(H,27,30). The second-order valence-corrected chi connectivity index (χ2v) is 7.90. The summed E-state index contributed by atoms with van der Waals surface area (Å²) in [5, 5.41) is 2.96. The second kappa shape index (κ2) is 12.0. The molecule has 1 unspecified atom stereocenters. The molecule has 3 N–H and O–H groups in total. The van der Waals surface area contributed by atoms with Gasteiger partial charge in [-0.2, -0.15) is 0 Å². The third kappa shape index (κ3) is 6.95. The first-order valence-electron chi connectivity index (χ1n) is 11.1. The van der Waals surface area contributed by atoms with Crippen LogP contribution in [0, 0.1) is 5.92 Å². The molecule has 1 fully saturated rings. The number of amides is 2. The van der Waals surface area contributed by atoms with E-state index in [1.54, 1.807) is 30.6 Å². The van der Waals surface area contributed by atoms with Crippen LogP contribution >= 0.6 is 0 Å². The molecule has 0 aliphatic carbocycles. The molecule has 1 saturated heterocycles. The van der Waals surface area contributed by atoms with E-state index >= 15 is 0 Å². The summed E-state index contributed by atoms with van der Waals surface area (Å²) in [6.45, 7) is 5.79. The van der Waals surface area contributed by atoms with Crippen LogP contribution in [-0.2, 0) is 11.4 Å². The molecular formula is C24H32N4O4. The highest BCUT2D eigenvalue weighted by Gasteiger charge is 2.23. The van der Waals surface area contributed by atoms with E-state index in [2.05, 4.69) is 15.2 Å². The maximum atomic E-state index is 12.6. The lowest BCUT2D eigenvalue weighted by molar-refractivity contribution is -0.123. The highest BCUT2D eigenvalue weighted by molar-refractivity contribution is 5.94. The van der Waals surface area contributed by atoms with Crippen LogP contribution in [0.2, 0.25) is 0 Å². The van der Waals surface area contributed by atoms with Crippen LogP contribution in [0.4, 0.5) is 0 Å². The van der Waals surface area contributed by atoms with Gasteiger partial charge in [-0.05, 0) is 63.5 Å². The Morgan fingerprint density at radius 2 is 2.12 bits per heavy atom. The van der Waals surface area contributed by atoms with E-state index in [-0.39, 0.29) is 17.7 Å². The second-order valence-electron chi connectivity index (χ2n) is 7.90. The molecule has 8 heteroatoms. The number of piperidine rings is 1. The molecule has 1 aromatic carbocycles. The number of ether oxygens (including phenoxy) is 2. The van der Waals surface area contributed by atoms with Gasteiger partial charge < -0.3 is 25.4 Å². The molecule has 0 radical (unpaired) electrons. The van der Waals surface area contributed by atoms with E-state index in [1.807, 2.05) is 19.1 Å². The first-order chi connectivity index (χ1) is 15.6. The van der Waals surface area contributed by atoms with Crippen molar-refractivity contribution in [2.75, 3.05) is 32.8 Å². The maximum absolute atomic E-state index is 12.6. The fourth-order valence-electron chi connectivity index (χ4n) is 3.78. The molecule has 0 spiro atoms. The molecule has 0 saturated carbocycles. The van der Waals surface area contributed by atoms with Crippen LogP contribution in [0.25, 0.3) is 0 Å². The molecule has 1 atom stereocenters. The molecule has 2 heterocycles. The number of aromatic nitrogens is 1. The third-order valence-corrected chi connectivity index (χ3v) is 5.47. The Bertz CT molecular complexity index is 891. The predicted octanol–water partition coefficient (Wildman–Crippen LogP) is 2.38. The van der Waals surface area contributed by atoms with Gasteiger partial charge in [0.15, 0.2) is 11.5 Å². The number of nitrogens with zero attached hydrogens (tertiary/aromatic N) is 2. The minimum atomic E-state index is -0.221. The van der Waals surface area contributed by atoms with Gasteiger partial charge >= 0.3 is 0 Å². The summed E-state index contributed by atoms with van der Waals surface area (Å²) in [5.41, 5.74) is 6.91. The molecule has 1 aromatic heterocycles. The average molecular weight is 441 g/mol. The highest BCUT2D eigenvalue weighted by atomic mass is 16.5. The normalized spacial score (nSPS) is 16.3. The van der Waals surface area contributed by atoms with Crippen molar-refractivity contribution in [2.45, 2.75) is 32.8 Å². The van der Waals surface area contributed by atoms with E-state index in [0.29, 0.717) is 43.4 Å². The zero-order chi connectivity index (χ0) is 22.8. The Hall–Kier alpha value is -3.13. The van der Waals surface area contributed by atoms with Crippen LogP contribution in [0.15, 0.2) is 42.7 Å². The minimum Gasteiger partial charge on any atom is -0.490 e. The van der Waals surface area contributed by atoms with E-state index < -0.39 is 0 Å². The first-order valence-corrected chi connectivity index (χ1v) is 11.1. The molecule has 32 heavy (non-hydrogen) atoms. The van der Waals surface area contributed by atoms with E-state index in [0.717, 1.165) is 37.9 Å². The molecule has 8 nitrogen and oxygen atoms in total. The van der Waals surface area contributed by atoms with Crippen LogP contribution in [-0.4, -0.2) is 54.5 Å².